The molecule has 0 N–H and O–H groups in total. The summed E-state index contributed by atoms with van der Waals surface area (Å²) in [6, 6.07) is 0. The Balaban J connectivity index is 3.31. The fraction of sp³-hybridized carbons (Fsp3) is 1.00. The molecule has 0 amide bonds. The highest BCUT2D eigenvalue weighted by molar-refractivity contribution is 9.09. The second kappa shape index (κ2) is 20.2. The molecule has 0 aromatic heterocycles. The molecule has 0 spiro atoms. The molecule has 0 saturated carbocycles. The van der Waals surface area contributed by atoms with Crippen LogP contribution < -0.4 is 0 Å². The van der Waals surface area contributed by atoms with Crippen LogP contribution in [0.1, 0.15) is 122 Å². The lowest BCUT2D eigenvalue weighted by Crippen LogP contribution is -2.41. The van der Waals surface area contributed by atoms with Crippen molar-refractivity contribution in [2.24, 2.45) is 0 Å². The third kappa shape index (κ3) is 20.7. The minimum absolute atomic E-state index is 1.18. The molecule has 0 bridgehead atoms. The highest BCUT2D eigenvalue weighted by Crippen LogP contribution is 2.13. The van der Waals surface area contributed by atoms with Crippen LogP contribution in [-0.4, -0.2) is 37.0 Å². The van der Waals surface area contributed by atoms with Gasteiger partial charge in [-0.3, -0.25) is 0 Å². The molecule has 0 aromatic rings. The number of quaternary nitrogens is 1. The van der Waals surface area contributed by atoms with Crippen LogP contribution in [0.15, 0.2) is 0 Å². The highest BCUT2D eigenvalue weighted by atomic mass is 79.9. The standard InChI is InChI=1S/C24H51BrN/c1-4-5-6-7-8-14-17-20-23-26(2,3)24-21-18-15-12-10-9-11-13-16-19-22-25/h4-24H2,1-3H3/q+1. The molecular formula is C24H51BrN+. The first-order valence-corrected chi connectivity index (χ1v) is 13.1. The average molecular weight is 434 g/mol. The second-order valence-electron chi connectivity index (χ2n) is 9.08. The van der Waals surface area contributed by atoms with Crippen LogP contribution in [0, 0.1) is 0 Å². The summed E-state index contributed by atoms with van der Waals surface area (Å²) in [5.74, 6) is 0. The molecule has 0 aliphatic rings. The van der Waals surface area contributed by atoms with E-state index in [2.05, 4.69) is 36.9 Å². The fourth-order valence-electron chi connectivity index (χ4n) is 3.83. The lowest BCUT2D eigenvalue weighted by atomic mass is 10.1. The predicted molar refractivity (Wildman–Crippen MR) is 124 cm³/mol. The Morgan fingerprint density at radius 3 is 1.12 bits per heavy atom. The van der Waals surface area contributed by atoms with E-state index in [1.807, 2.05) is 0 Å². The Morgan fingerprint density at radius 1 is 0.462 bits per heavy atom. The molecule has 0 rings (SSSR count). The average Bonchev–Trinajstić information content (AvgIpc) is 2.62. The summed E-state index contributed by atoms with van der Waals surface area (Å²) in [6.07, 6.45) is 25.9. The monoisotopic (exact) mass is 432 g/mol. The summed E-state index contributed by atoms with van der Waals surface area (Å²) in [5.41, 5.74) is 0. The van der Waals surface area contributed by atoms with Crippen LogP contribution in [0.3, 0.4) is 0 Å². The SMILES string of the molecule is CCCCCCCCCC[N+](C)(C)CCCCCCCCCCCCBr. The number of alkyl halides is 1. The van der Waals surface area contributed by atoms with E-state index < -0.39 is 0 Å². The Labute approximate surface area is 175 Å². The molecule has 1 nitrogen and oxygen atoms in total. The highest BCUT2D eigenvalue weighted by Gasteiger charge is 2.13. The minimum atomic E-state index is 1.18. The molecule has 0 radical (unpaired) electrons. The number of nitrogens with zero attached hydrogens (tertiary/aromatic N) is 1. The first kappa shape index (κ1) is 26.4. The third-order valence-electron chi connectivity index (χ3n) is 5.76. The van der Waals surface area contributed by atoms with Crippen LogP contribution >= 0.6 is 15.9 Å². The molecule has 0 saturated heterocycles. The Hall–Kier alpha value is 0.440. The van der Waals surface area contributed by atoms with Gasteiger partial charge in [-0.2, -0.15) is 0 Å². The van der Waals surface area contributed by atoms with Crippen LogP contribution in [0.5, 0.6) is 0 Å². The van der Waals surface area contributed by atoms with Gasteiger partial charge < -0.3 is 4.48 Å². The van der Waals surface area contributed by atoms with E-state index >= 15 is 0 Å². The quantitative estimate of drug-likeness (QED) is 0.0967. The van der Waals surface area contributed by atoms with Crippen LogP contribution in [0.4, 0.5) is 0 Å². The van der Waals surface area contributed by atoms with E-state index in [1.54, 1.807) is 0 Å². The molecule has 2 heteroatoms. The Kier molecular flexibility index (Phi) is 20.5. The third-order valence-corrected chi connectivity index (χ3v) is 6.32. The molecule has 26 heavy (non-hydrogen) atoms. The topological polar surface area (TPSA) is 0 Å². The van der Waals surface area contributed by atoms with Crippen molar-refractivity contribution in [2.45, 2.75) is 122 Å². The molecule has 0 heterocycles. The van der Waals surface area contributed by atoms with Crippen molar-refractivity contribution in [3.8, 4) is 0 Å². The first-order valence-electron chi connectivity index (χ1n) is 12.0. The van der Waals surface area contributed by atoms with E-state index in [-0.39, 0.29) is 0 Å². The van der Waals surface area contributed by atoms with Gasteiger partial charge in [-0.1, -0.05) is 106 Å². The number of rotatable bonds is 21. The second-order valence-corrected chi connectivity index (χ2v) is 9.88. The maximum Gasteiger partial charge on any atom is 0.0782 e. The summed E-state index contributed by atoms with van der Waals surface area (Å²) in [5, 5.41) is 1.18. The van der Waals surface area contributed by atoms with Gasteiger partial charge in [0.2, 0.25) is 0 Å². The van der Waals surface area contributed by atoms with Gasteiger partial charge in [0.1, 0.15) is 0 Å². The summed E-state index contributed by atoms with van der Waals surface area (Å²) in [6.45, 7) is 5.06. The zero-order chi connectivity index (χ0) is 19.3. The summed E-state index contributed by atoms with van der Waals surface area (Å²) < 4.78 is 1.24. The van der Waals surface area contributed by atoms with Crippen molar-refractivity contribution in [3.63, 3.8) is 0 Å². The van der Waals surface area contributed by atoms with Crippen molar-refractivity contribution in [2.75, 3.05) is 32.5 Å². The minimum Gasteiger partial charge on any atom is -0.328 e. The van der Waals surface area contributed by atoms with Gasteiger partial charge in [-0.25, -0.2) is 0 Å². The van der Waals surface area contributed by atoms with Crippen LogP contribution in [0.25, 0.3) is 0 Å². The zero-order valence-corrected chi connectivity index (χ0v) is 20.3. The molecule has 0 aliphatic carbocycles. The molecule has 158 valence electrons. The number of unbranched alkanes of at least 4 members (excludes halogenated alkanes) is 16. The van der Waals surface area contributed by atoms with Crippen molar-refractivity contribution in [1.29, 1.82) is 0 Å². The number of halogens is 1. The van der Waals surface area contributed by atoms with E-state index in [0.717, 1.165) is 0 Å². The van der Waals surface area contributed by atoms with Gasteiger partial charge in [0.15, 0.2) is 0 Å². The van der Waals surface area contributed by atoms with E-state index in [0.29, 0.717) is 0 Å². The van der Waals surface area contributed by atoms with E-state index in [1.165, 1.54) is 138 Å². The zero-order valence-electron chi connectivity index (χ0n) is 18.7. The Morgan fingerprint density at radius 2 is 0.769 bits per heavy atom. The number of hydrogen-bond acceptors (Lipinski definition) is 0. The van der Waals surface area contributed by atoms with Gasteiger partial charge in [0.25, 0.3) is 0 Å². The van der Waals surface area contributed by atoms with Gasteiger partial charge >= 0.3 is 0 Å². The van der Waals surface area contributed by atoms with Gasteiger partial charge in [0.05, 0.1) is 27.2 Å². The predicted octanol–water partition coefficient (Wildman–Crippen LogP) is 8.50. The summed E-state index contributed by atoms with van der Waals surface area (Å²) in [4.78, 5) is 0. The number of hydrogen-bond donors (Lipinski definition) is 0. The van der Waals surface area contributed by atoms with Crippen molar-refractivity contribution < 1.29 is 4.48 Å². The summed E-state index contributed by atoms with van der Waals surface area (Å²) >= 11 is 3.51. The van der Waals surface area contributed by atoms with Crippen molar-refractivity contribution in [1.82, 2.24) is 0 Å². The maximum absolute atomic E-state index is 3.51. The van der Waals surface area contributed by atoms with Gasteiger partial charge in [-0.15, -0.1) is 0 Å². The van der Waals surface area contributed by atoms with Gasteiger partial charge in [0, 0.05) is 5.33 Å². The molecule has 0 aromatic carbocycles. The van der Waals surface area contributed by atoms with E-state index in [4.69, 9.17) is 0 Å². The normalized spacial score (nSPS) is 12.0. The smallest absolute Gasteiger partial charge is 0.0782 e. The van der Waals surface area contributed by atoms with E-state index in [9.17, 15) is 0 Å². The van der Waals surface area contributed by atoms with Crippen LogP contribution in [-0.2, 0) is 0 Å². The molecule has 0 fully saturated rings. The Bertz CT molecular complexity index is 265. The van der Waals surface area contributed by atoms with Crippen molar-refractivity contribution in [3.05, 3.63) is 0 Å². The maximum atomic E-state index is 3.51. The lowest BCUT2D eigenvalue weighted by Gasteiger charge is -2.30. The van der Waals surface area contributed by atoms with Gasteiger partial charge in [-0.05, 0) is 32.1 Å². The molecular weight excluding hydrogens is 382 g/mol. The lowest BCUT2D eigenvalue weighted by molar-refractivity contribution is -0.890. The molecule has 0 unspecified atom stereocenters. The van der Waals surface area contributed by atoms with Crippen LogP contribution in [0.2, 0.25) is 0 Å². The summed E-state index contributed by atoms with van der Waals surface area (Å²) in [7, 11) is 4.88. The molecule has 0 aliphatic heterocycles. The van der Waals surface area contributed by atoms with Crippen molar-refractivity contribution >= 4 is 15.9 Å². The largest absolute Gasteiger partial charge is 0.328 e. The first-order chi connectivity index (χ1) is 12.6. The fourth-order valence-corrected chi connectivity index (χ4v) is 4.23. The molecule has 0 atom stereocenters.